The van der Waals surface area contributed by atoms with Crippen LogP contribution in [-0.4, -0.2) is 12.6 Å². The van der Waals surface area contributed by atoms with Gasteiger partial charge < -0.3 is 5.32 Å². The summed E-state index contributed by atoms with van der Waals surface area (Å²) in [7, 11) is 0. The zero-order chi connectivity index (χ0) is 9.23. The van der Waals surface area contributed by atoms with E-state index in [0.717, 1.165) is 6.54 Å². The van der Waals surface area contributed by atoms with Crippen molar-refractivity contribution in [1.82, 2.24) is 0 Å². The van der Waals surface area contributed by atoms with Crippen LogP contribution in [0, 0.1) is 0 Å². The summed E-state index contributed by atoms with van der Waals surface area (Å²) < 4.78 is 0. The van der Waals surface area contributed by atoms with E-state index in [2.05, 4.69) is 26.1 Å². The van der Waals surface area contributed by atoms with Crippen molar-refractivity contribution in [2.24, 2.45) is 0 Å². The molecular formula is C11H24NY-. The van der Waals surface area contributed by atoms with Crippen molar-refractivity contribution >= 4 is 0 Å². The molecule has 0 saturated carbocycles. The number of nitrogens with zero attached hydrogens (tertiary/aromatic N) is 1. The first-order valence-electron chi connectivity index (χ1n) is 5.44. The molecule has 0 spiro atoms. The van der Waals surface area contributed by atoms with Crippen LogP contribution < -0.4 is 0 Å². The third-order valence-corrected chi connectivity index (χ3v) is 2.01. The van der Waals surface area contributed by atoms with Crippen LogP contribution in [0.2, 0.25) is 0 Å². The molecule has 0 aliphatic heterocycles. The largest absolute Gasteiger partial charge is 0.660 e. The number of unbranched alkanes of at least 4 members (excludes halogenated alkanes) is 5. The molecule has 0 saturated heterocycles. The summed E-state index contributed by atoms with van der Waals surface area (Å²) in [5, 5.41) is 4.44. The van der Waals surface area contributed by atoms with E-state index < -0.39 is 0 Å². The van der Waals surface area contributed by atoms with Gasteiger partial charge in [-0.15, -0.1) is 12.6 Å². The molecule has 13 heavy (non-hydrogen) atoms. The molecule has 0 amide bonds. The quantitative estimate of drug-likeness (QED) is 0.582. The molecule has 0 N–H and O–H groups in total. The molecule has 0 rings (SSSR count). The minimum atomic E-state index is 0. The Bertz CT molecular complexity index is 84.2. The maximum atomic E-state index is 4.44. The molecule has 77 valence electrons. The second kappa shape index (κ2) is 13.1. The van der Waals surface area contributed by atoms with E-state index in [1.54, 1.807) is 0 Å². The van der Waals surface area contributed by atoms with Gasteiger partial charge in [-0.25, -0.2) is 0 Å². The summed E-state index contributed by atoms with van der Waals surface area (Å²) in [4.78, 5) is 0. The van der Waals surface area contributed by atoms with Crippen molar-refractivity contribution in [3.05, 3.63) is 5.32 Å². The third-order valence-electron chi connectivity index (χ3n) is 2.01. The van der Waals surface area contributed by atoms with E-state index in [4.69, 9.17) is 0 Å². The van der Waals surface area contributed by atoms with Gasteiger partial charge >= 0.3 is 0 Å². The fraction of sp³-hybridized carbons (Fsp3) is 1.00. The third kappa shape index (κ3) is 15.8. The Labute approximate surface area is 109 Å². The Hall–Kier alpha value is 1.06. The molecule has 0 aliphatic carbocycles. The fourth-order valence-electron chi connectivity index (χ4n) is 1.24. The number of rotatable bonds is 8. The summed E-state index contributed by atoms with van der Waals surface area (Å²) >= 11 is 0. The van der Waals surface area contributed by atoms with Crippen molar-refractivity contribution in [3.63, 3.8) is 0 Å². The van der Waals surface area contributed by atoms with E-state index in [9.17, 15) is 0 Å². The van der Waals surface area contributed by atoms with Crippen molar-refractivity contribution in [3.8, 4) is 0 Å². The molecule has 2 heteroatoms. The smallest absolute Gasteiger partial charge is 0 e. The second-order valence-electron chi connectivity index (χ2n) is 3.77. The van der Waals surface area contributed by atoms with Crippen LogP contribution >= 0.6 is 0 Å². The minimum Gasteiger partial charge on any atom is -0.660 e. The van der Waals surface area contributed by atoms with Gasteiger partial charge in [0.25, 0.3) is 0 Å². The Balaban J connectivity index is 0. The van der Waals surface area contributed by atoms with E-state index in [0.29, 0.717) is 6.04 Å². The average Bonchev–Trinajstić information content (AvgIpc) is 2.02. The predicted molar refractivity (Wildman–Crippen MR) is 56.7 cm³/mol. The van der Waals surface area contributed by atoms with Gasteiger partial charge in [0.1, 0.15) is 0 Å². The average molecular weight is 259 g/mol. The van der Waals surface area contributed by atoms with E-state index >= 15 is 0 Å². The van der Waals surface area contributed by atoms with Crippen molar-refractivity contribution in [1.29, 1.82) is 0 Å². The molecule has 0 heterocycles. The molecule has 0 fully saturated rings. The van der Waals surface area contributed by atoms with Crippen LogP contribution in [0.3, 0.4) is 0 Å². The first-order chi connectivity index (χ1) is 5.77. The van der Waals surface area contributed by atoms with Crippen LogP contribution in [0.5, 0.6) is 0 Å². The SMILES string of the molecule is CCCCCCCC[N-]C(C)C.[Y]. The first-order valence-corrected chi connectivity index (χ1v) is 5.44. The first kappa shape index (κ1) is 16.5. The normalized spacial score (nSPS) is 10.2. The van der Waals surface area contributed by atoms with Gasteiger partial charge in [-0.05, 0) is 0 Å². The Kier molecular flexibility index (Phi) is 16.6. The summed E-state index contributed by atoms with van der Waals surface area (Å²) in [6.45, 7) is 7.63. The molecule has 0 aromatic heterocycles. The zero-order valence-corrected chi connectivity index (χ0v) is 12.4. The fourth-order valence-corrected chi connectivity index (χ4v) is 1.24. The Morgan fingerprint density at radius 3 is 2.00 bits per heavy atom. The van der Waals surface area contributed by atoms with Gasteiger partial charge in [0, 0.05) is 32.7 Å². The standard InChI is InChI=1S/C11H24N.Y/c1-4-5-6-7-8-9-10-12-11(2)3;/h11H,4-10H2,1-3H3;/q-1;. The molecule has 0 aromatic carbocycles. The maximum Gasteiger partial charge on any atom is 0 e. The summed E-state index contributed by atoms with van der Waals surface area (Å²) in [6.07, 6.45) is 8.23. The van der Waals surface area contributed by atoms with Gasteiger partial charge in [-0.2, -0.15) is 0 Å². The van der Waals surface area contributed by atoms with Crippen molar-refractivity contribution in [2.75, 3.05) is 6.54 Å². The van der Waals surface area contributed by atoms with Crippen LogP contribution in [0.1, 0.15) is 59.3 Å². The molecule has 0 unspecified atom stereocenters. The van der Waals surface area contributed by atoms with Gasteiger partial charge in [0.05, 0.1) is 0 Å². The van der Waals surface area contributed by atoms with Gasteiger partial charge in [0.15, 0.2) is 0 Å². The monoisotopic (exact) mass is 259 g/mol. The summed E-state index contributed by atoms with van der Waals surface area (Å²) in [5.41, 5.74) is 0. The van der Waals surface area contributed by atoms with Crippen molar-refractivity contribution in [2.45, 2.75) is 65.3 Å². The molecule has 1 radical (unpaired) electrons. The summed E-state index contributed by atoms with van der Waals surface area (Å²) in [6, 6.07) is 0.528. The van der Waals surface area contributed by atoms with Crippen LogP contribution in [-0.2, 0) is 32.7 Å². The van der Waals surface area contributed by atoms with E-state index in [1.807, 2.05) is 0 Å². The molecular weight excluding hydrogens is 235 g/mol. The molecule has 0 atom stereocenters. The van der Waals surface area contributed by atoms with E-state index in [1.165, 1.54) is 38.5 Å². The second-order valence-corrected chi connectivity index (χ2v) is 3.77. The zero-order valence-electron chi connectivity index (χ0n) is 9.55. The maximum absolute atomic E-state index is 4.44. The minimum absolute atomic E-state index is 0. The van der Waals surface area contributed by atoms with Gasteiger partial charge in [0.2, 0.25) is 0 Å². The molecule has 0 aromatic rings. The Morgan fingerprint density at radius 2 is 1.46 bits per heavy atom. The topological polar surface area (TPSA) is 14.1 Å². The molecule has 0 aliphatic rings. The summed E-state index contributed by atoms with van der Waals surface area (Å²) in [5.74, 6) is 0. The van der Waals surface area contributed by atoms with Gasteiger partial charge in [-0.3, -0.25) is 0 Å². The van der Waals surface area contributed by atoms with Gasteiger partial charge in [-0.1, -0.05) is 59.3 Å². The number of hydrogen-bond donors (Lipinski definition) is 0. The molecule has 0 bridgehead atoms. The van der Waals surface area contributed by atoms with Crippen molar-refractivity contribution < 1.29 is 32.7 Å². The van der Waals surface area contributed by atoms with E-state index in [-0.39, 0.29) is 32.7 Å². The Morgan fingerprint density at radius 1 is 0.923 bits per heavy atom. The number of hydrogen-bond acceptors (Lipinski definition) is 0. The van der Waals surface area contributed by atoms with Crippen LogP contribution in [0.25, 0.3) is 5.32 Å². The van der Waals surface area contributed by atoms with Crippen LogP contribution in [0.15, 0.2) is 0 Å². The van der Waals surface area contributed by atoms with Crippen LogP contribution in [0.4, 0.5) is 0 Å². The predicted octanol–water partition coefficient (Wildman–Crippen LogP) is 4.13. The molecule has 1 nitrogen and oxygen atoms in total.